The van der Waals surface area contributed by atoms with E-state index in [1.165, 1.54) is 0 Å². The average molecular weight is 800 g/mol. The number of aromatic nitrogens is 5. The van der Waals surface area contributed by atoms with Gasteiger partial charge in [0.1, 0.15) is 17.6 Å². The van der Waals surface area contributed by atoms with Gasteiger partial charge in [-0.15, -0.1) is 5.10 Å². The summed E-state index contributed by atoms with van der Waals surface area (Å²) in [6.07, 6.45) is 3.40. The number of benzene rings is 3. The number of carbonyl (C=O) groups is 5. The van der Waals surface area contributed by atoms with Crippen molar-refractivity contribution in [3.8, 4) is 11.3 Å². The summed E-state index contributed by atoms with van der Waals surface area (Å²) in [5, 5.41) is 23.9. The van der Waals surface area contributed by atoms with E-state index < -0.39 is 29.7 Å². The molecule has 4 N–H and O–H groups in total. The minimum absolute atomic E-state index is 0.0776. The number of imide groups is 2. The number of anilines is 2. The summed E-state index contributed by atoms with van der Waals surface area (Å²) in [5.74, 6) is -1.43. The minimum Gasteiger partial charge on any atom is -0.392 e. The Hall–Kier alpha value is -6.30. The first-order valence-electron chi connectivity index (χ1n) is 20.1. The van der Waals surface area contributed by atoms with E-state index in [2.05, 4.69) is 47.6 Å². The van der Waals surface area contributed by atoms with Crippen LogP contribution in [0.15, 0.2) is 66.9 Å². The van der Waals surface area contributed by atoms with Crippen LogP contribution in [0.2, 0.25) is 0 Å². The molecule has 0 saturated carbocycles. The van der Waals surface area contributed by atoms with Crippen LogP contribution in [0.25, 0.3) is 22.3 Å². The maximum atomic E-state index is 13.6. The van der Waals surface area contributed by atoms with Crippen molar-refractivity contribution in [1.29, 1.82) is 0 Å². The maximum Gasteiger partial charge on any atom is 0.264 e. The first-order chi connectivity index (χ1) is 28.6. The molecule has 3 fully saturated rings. The number of amides is 5. The van der Waals surface area contributed by atoms with Crippen LogP contribution in [0.1, 0.15) is 69.5 Å². The number of likely N-dealkylation sites (tertiary alicyclic amines) is 1. The molecule has 5 amide bonds. The maximum absolute atomic E-state index is 13.6. The topological polar surface area (TPSA) is 202 Å². The molecule has 3 saturated heterocycles. The molecule has 3 atom stereocenters. The SMILES string of the molecule is C[C@H]1C[C@H](O)CN1Cc1nc2cc(NC(=O)c3ccc(-c4cn(CCCN5CCN(c6cccc7c6C(=O)N(C6CCC(=O)NC6=O)C7=O)CC5)nn4)cc3)ccc2[nH]1. The van der Waals surface area contributed by atoms with E-state index in [0.29, 0.717) is 67.0 Å². The van der Waals surface area contributed by atoms with Crippen LogP contribution >= 0.6 is 0 Å². The van der Waals surface area contributed by atoms with Gasteiger partial charge in [-0.25, -0.2) is 4.98 Å². The lowest BCUT2D eigenvalue weighted by Gasteiger charge is -2.36. The molecule has 4 aliphatic rings. The molecule has 59 heavy (non-hydrogen) atoms. The van der Waals surface area contributed by atoms with Crippen molar-refractivity contribution in [2.75, 3.05) is 49.5 Å². The number of piperidine rings is 1. The minimum atomic E-state index is -0.997. The van der Waals surface area contributed by atoms with E-state index in [0.717, 1.165) is 59.8 Å². The summed E-state index contributed by atoms with van der Waals surface area (Å²) in [6.45, 7) is 7.77. The number of aryl methyl sites for hydroxylation is 1. The number of piperazine rings is 1. The second kappa shape index (κ2) is 15.8. The Morgan fingerprint density at radius 1 is 0.966 bits per heavy atom. The van der Waals surface area contributed by atoms with E-state index in [1.807, 2.05) is 47.3 Å². The van der Waals surface area contributed by atoms with Gasteiger partial charge in [0.2, 0.25) is 11.8 Å². The molecule has 17 nitrogen and oxygen atoms in total. The number of H-pyrrole nitrogens is 1. The molecular formula is C42H45N11O6. The third kappa shape index (κ3) is 7.71. The number of carbonyl (C=O) groups excluding carboxylic acids is 5. The van der Waals surface area contributed by atoms with E-state index in [4.69, 9.17) is 4.98 Å². The van der Waals surface area contributed by atoms with Gasteiger partial charge in [-0.1, -0.05) is 23.4 Å². The number of fused-ring (bicyclic) bond motifs is 2. The highest BCUT2D eigenvalue weighted by Crippen LogP contribution is 2.35. The van der Waals surface area contributed by atoms with Crippen LogP contribution in [0.5, 0.6) is 0 Å². The lowest BCUT2D eigenvalue weighted by Crippen LogP contribution is -2.54. The van der Waals surface area contributed by atoms with Gasteiger partial charge in [0.15, 0.2) is 0 Å². The Bertz CT molecular complexity index is 2450. The van der Waals surface area contributed by atoms with Gasteiger partial charge in [0.25, 0.3) is 17.7 Å². The van der Waals surface area contributed by atoms with Gasteiger partial charge < -0.3 is 20.3 Å². The molecule has 6 heterocycles. The molecule has 4 aliphatic heterocycles. The Morgan fingerprint density at radius 2 is 1.78 bits per heavy atom. The first kappa shape index (κ1) is 38.2. The largest absolute Gasteiger partial charge is 0.392 e. The van der Waals surface area contributed by atoms with Crippen molar-refractivity contribution < 1.29 is 29.1 Å². The lowest BCUT2D eigenvalue weighted by molar-refractivity contribution is -0.136. The van der Waals surface area contributed by atoms with Gasteiger partial charge >= 0.3 is 0 Å². The van der Waals surface area contributed by atoms with E-state index in [9.17, 15) is 29.1 Å². The fourth-order valence-electron chi connectivity index (χ4n) is 8.66. The summed E-state index contributed by atoms with van der Waals surface area (Å²) in [5.41, 5.74) is 5.66. The van der Waals surface area contributed by atoms with E-state index in [-0.39, 0.29) is 30.4 Å². The van der Waals surface area contributed by atoms with Gasteiger partial charge in [-0.3, -0.25) is 48.7 Å². The molecule has 304 valence electrons. The second-order valence-electron chi connectivity index (χ2n) is 15.8. The Morgan fingerprint density at radius 3 is 2.54 bits per heavy atom. The Labute approximate surface area is 339 Å². The molecule has 0 radical (unpaired) electrons. The van der Waals surface area contributed by atoms with Crippen LogP contribution in [0, 0.1) is 0 Å². The number of imidazole rings is 1. The van der Waals surface area contributed by atoms with Gasteiger partial charge in [0, 0.05) is 75.1 Å². The molecule has 1 unspecified atom stereocenters. The highest BCUT2D eigenvalue weighted by atomic mass is 16.3. The molecular weight excluding hydrogens is 755 g/mol. The number of nitrogens with one attached hydrogen (secondary N) is 3. The number of nitrogens with zero attached hydrogens (tertiary/aromatic N) is 8. The number of aliphatic hydroxyl groups excluding tert-OH is 1. The predicted octanol–water partition coefficient (Wildman–Crippen LogP) is 2.64. The fourth-order valence-corrected chi connectivity index (χ4v) is 8.66. The molecule has 9 rings (SSSR count). The van der Waals surface area contributed by atoms with Crippen molar-refractivity contribution in [3.63, 3.8) is 0 Å². The van der Waals surface area contributed by atoms with Crippen molar-refractivity contribution in [3.05, 3.63) is 89.4 Å². The van der Waals surface area contributed by atoms with Crippen molar-refractivity contribution >= 4 is 51.9 Å². The van der Waals surface area contributed by atoms with Crippen molar-refractivity contribution in [2.24, 2.45) is 0 Å². The number of hydrogen-bond acceptors (Lipinski definition) is 12. The lowest BCUT2D eigenvalue weighted by atomic mass is 10.0. The molecule has 5 aromatic rings. The highest BCUT2D eigenvalue weighted by Gasteiger charge is 2.46. The fraction of sp³-hybridized carbons (Fsp3) is 0.381. The average Bonchev–Trinajstić information content (AvgIpc) is 4.00. The number of hydrogen-bond donors (Lipinski definition) is 4. The standard InChI is InChI=1S/C42H45N11O6/c1-25-20-29(54)22-51(25)24-36-44-31-11-10-28(21-32(31)45-36)43-39(56)27-8-6-26(7-9-27)33-23-52(48-47-33)15-3-14-49-16-18-50(19-17-49)34-5-2-4-30-38(34)42(59)53(41(30)58)35-12-13-37(55)46-40(35)57/h2,4-11,21,23,25,29,35,54H,3,12-20,22,24H2,1H3,(H,43,56)(H,44,45)(H,46,55,57)/t25-,29-,35?/m0/s1. The normalized spacial score (nSPS) is 21.4. The second-order valence-corrected chi connectivity index (χ2v) is 15.8. The predicted molar refractivity (Wildman–Crippen MR) is 216 cm³/mol. The smallest absolute Gasteiger partial charge is 0.264 e. The van der Waals surface area contributed by atoms with Gasteiger partial charge in [-0.05, 0) is 68.7 Å². The number of aromatic amines is 1. The van der Waals surface area contributed by atoms with Gasteiger partial charge in [0.05, 0.1) is 46.7 Å². The third-order valence-electron chi connectivity index (χ3n) is 11.8. The molecule has 3 aromatic carbocycles. The summed E-state index contributed by atoms with van der Waals surface area (Å²) < 4.78 is 1.82. The summed E-state index contributed by atoms with van der Waals surface area (Å²) in [7, 11) is 0. The summed E-state index contributed by atoms with van der Waals surface area (Å²) in [6, 6.07) is 17.4. The Kier molecular flexibility index (Phi) is 10.2. The van der Waals surface area contributed by atoms with Crippen molar-refractivity contribution in [1.82, 2.24) is 45.0 Å². The molecule has 2 aromatic heterocycles. The van der Waals surface area contributed by atoms with Crippen LogP contribution in [0.4, 0.5) is 11.4 Å². The molecule has 0 aliphatic carbocycles. The van der Waals surface area contributed by atoms with Crippen LogP contribution in [0.3, 0.4) is 0 Å². The number of β-amino-alcohol motifs (C(OH)–C–C–N with tert-alkyl or cyclic N) is 1. The zero-order valence-corrected chi connectivity index (χ0v) is 32.6. The Balaban J connectivity index is 0.744. The van der Waals surface area contributed by atoms with Gasteiger partial charge in [-0.2, -0.15) is 0 Å². The summed E-state index contributed by atoms with van der Waals surface area (Å²) >= 11 is 0. The van der Waals surface area contributed by atoms with E-state index in [1.54, 1.807) is 24.3 Å². The zero-order chi connectivity index (χ0) is 40.8. The summed E-state index contributed by atoms with van der Waals surface area (Å²) in [4.78, 5) is 80.0. The van der Waals surface area contributed by atoms with Crippen molar-refractivity contribution in [2.45, 2.75) is 63.9 Å². The number of aliphatic hydroxyl groups is 1. The van der Waals surface area contributed by atoms with Crippen LogP contribution in [-0.2, 0) is 22.7 Å². The van der Waals surface area contributed by atoms with Crippen LogP contribution < -0.4 is 15.5 Å². The highest BCUT2D eigenvalue weighted by molar-refractivity contribution is 6.25. The first-order valence-corrected chi connectivity index (χ1v) is 20.1. The molecule has 0 spiro atoms. The van der Waals surface area contributed by atoms with E-state index >= 15 is 0 Å². The number of rotatable bonds is 11. The quantitative estimate of drug-likeness (QED) is 0.143. The molecule has 0 bridgehead atoms. The zero-order valence-electron chi connectivity index (χ0n) is 32.6. The third-order valence-corrected chi connectivity index (χ3v) is 11.8. The molecule has 17 heteroatoms. The monoisotopic (exact) mass is 799 g/mol. The van der Waals surface area contributed by atoms with Crippen LogP contribution in [-0.4, -0.2) is 132 Å².